The second-order valence-corrected chi connectivity index (χ2v) is 5.97. The van der Waals surface area contributed by atoms with Crippen LogP contribution in [0.2, 0.25) is 0 Å². The topological polar surface area (TPSA) is 52.4 Å². The molecule has 4 heteroatoms. The number of non-ortho nitro benzene ring substituents is 1. The van der Waals surface area contributed by atoms with Crippen LogP contribution in [-0.2, 0) is 0 Å². The third-order valence-corrected chi connectivity index (χ3v) is 4.79. The molecule has 0 saturated heterocycles. The third kappa shape index (κ3) is 1.82. The number of fused-ring (bicyclic) bond motifs is 1. The number of rotatable bonds is 3. The third-order valence-electron chi connectivity index (χ3n) is 4.79. The molecule has 4 nitrogen and oxygen atoms in total. The monoisotopic (exact) mass is 281 g/mol. The summed E-state index contributed by atoms with van der Waals surface area (Å²) in [7, 11) is 0. The zero-order valence-electron chi connectivity index (χ0n) is 11.4. The Labute approximate surface area is 122 Å². The first kappa shape index (κ1) is 12.4. The molecule has 3 unspecified atom stereocenters. The molecule has 0 N–H and O–H groups in total. The number of benzene rings is 1. The number of nitrogens with zero attached hydrogens (tertiary/aromatic N) is 1. The Hall–Kier alpha value is -2.36. The molecule has 0 amide bonds. The van der Waals surface area contributed by atoms with Crippen LogP contribution in [0.15, 0.2) is 60.4 Å². The lowest BCUT2D eigenvalue weighted by Gasteiger charge is -2.34. The first-order chi connectivity index (χ1) is 10.2. The van der Waals surface area contributed by atoms with Crippen LogP contribution in [0.3, 0.4) is 0 Å². The Morgan fingerprint density at radius 3 is 2.81 bits per heavy atom. The molecule has 3 atom stereocenters. The Balaban J connectivity index is 1.60. The van der Waals surface area contributed by atoms with Gasteiger partial charge in [0.2, 0.25) is 0 Å². The van der Waals surface area contributed by atoms with Gasteiger partial charge in [-0.3, -0.25) is 10.1 Å². The van der Waals surface area contributed by atoms with Crippen molar-refractivity contribution in [3.05, 3.63) is 70.5 Å². The van der Waals surface area contributed by atoms with Gasteiger partial charge in [0.1, 0.15) is 11.5 Å². The second-order valence-electron chi connectivity index (χ2n) is 5.97. The number of hydrogen-bond acceptors (Lipinski definition) is 3. The summed E-state index contributed by atoms with van der Waals surface area (Å²) >= 11 is 0. The molecule has 3 aliphatic carbocycles. The molecule has 0 radical (unpaired) electrons. The van der Waals surface area contributed by atoms with Crippen LogP contribution in [0, 0.1) is 27.4 Å². The largest absolute Gasteiger partial charge is 0.461 e. The van der Waals surface area contributed by atoms with Gasteiger partial charge in [-0.25, -0.2) is 0 Å². The summed E-state index contributed by atoms with van der Waals surface area (Å²) in [5, 5.41) is 10.7. The van der Waals surface area contributed by atoms with Crippen molar-refractivity contribution < 1.29 is 9.66 Å². The lowest BCUT2D eigenvalue weighted by atomic mass is 9.74. The summed E-state index contributed by atoms with van der Waals surface area (Å²) in [6.07, 6.45) is 13.3. The van der Waals surface area contributed by atoms with E-state index < -0.39 is 4.92 Å². The van der Waals surface area contributed by atoms with Crippen molar-refractivity contribution >= 4 is 5.69 Å². The van der Waals surface area contributed by atoms with Gasteiger partial charge in [-0.05, 0) is 42.9 Å². The van der Waals surface area contributed by atoms with E-state index in [4.69, 9.17) is 4.74 Å². The molecule has 0 heterocycles. The van der Waals surface area contributed by atoms with Crippen molar-refractivity contribution in [1.82, 2.24) is 0 Å². The Bertz CT molecular complexity index is 686. The molecule has 0 aromatic heterocycles. The van der Waals surface area contributed by atoms with E-state index in [-0.39, 0.29) is 11.1 Å². The van der Waals surface area contributed by atoms with E-state index >= 15 is 0 Å². The van der Waals surface area contributed by atoms with E-state index in [1.54, 1.807) is 12.1 Å². The van der Waals surface area contributed by atoms with Crippen molar-refractivity contribution in [1.29, 1.82) is 0 Å². The average Bonchev–Trinajstić information content (AvgIpc) is 3.01. The van der Waals surface area contributed by atoms with E-state index in [0.29, 0.717) is 17.6 Å². The molecule has 1 saturated carbocycles. The minimum absolute atomic E-state index is 0.00118. The fraction of sp³-hybridized carbons (Fsp3) is 0.294. The summed E-state index contributed by atoms with van der Waals surface area (Å²) < 4.78 is 6.06. The SMILES string of the molecule is O=[N+]([O-])c1ccc(OC2=CC3CC4C=CC=CC24C3)cc1. The fourth-order valence-electron chi connectivity index (χ4n) is 3.83. The van der Waals surface area contributed by atoms with Crippen LogP contribution in [0.5, 0.6) is 5.75 Å². The van der Waals surface area contributed by atoms with E-state index in [2.05, 4.69) is 30.4 Å². The zero-order valence-corrected chi connectivity index (χ0v) is 11.4. The van der Waals surface area contributed by atoms with Crippen LogP contribution in [-0.4, -0.2) is 4.92 Å². The molecule has 2 bridgehead atoms. The lowest BCUT2D eigenvalue weighted by molar-refractivity contribution is -0.384. The summed E-state index contributed by atoms with van der Waals surface area (Å²) in [6, 6.07) is 6.29. The quantitative estimate of drug-likeness (QED) is 0.621. The van der Waals surface area contributed by atoms with E-state index in [1.807, 2.05) is 0 Å². The smallest absolute Gasteiger partial charge is 0.269 e. The highest BCUT2D eigenvalue weighted by Crippen LogP contribution is 2.59. The average molecular weight is 281 g/mol. The van der Waals surface area contributed by atoms with Crippen molar-refractivity contribution in [2.45, 2.75) is 12.8 Å². The standard InChI is InChI=1S/C17H15NO3/c19-18(20)14-4-6-15(7-5-14)21-16-10-12-9-13-3-1-2-8-17(13,16)11-12/h1-8,10,12-13H,9,11H2. The van der Waals surface area contributed by atoms with Gasteiger partial charge in [-0.2, -0.15) is 0 Å². The summed E-state index contributed by atoms with van der Waals surface area (Å²) in [5.41, 5.74) is 0.0853. The van der Waals surface area contributed by atoms with Gasteiger partial charge in [0.25, 0.3) is 5.69 Å². The predicted octanol–water partition coefficient (Wildman–Crippen LogP) is 4.01. The zero-order chi connectivity index (χ0) is 14.4. The van der Waals surface area contributed by atoms with Crippen molar-refractivity contribution in [3.63, 3.8) is 0 Å². The van der Waals surface area contributed by atoms with Gasteiger partial charge in [0, 0.05) is 12.1 Å². The fourth-order valence-corrected chi connectivity index (χ4v) is 3.83. The molecular weight excluding hydrogens is 266 g/mol. The number of hydrogen-bond donors (Lipinski definition) is 0. The number of ether oxygens (including phenoxy) is 1. The van der Waals surface area contributed by atoms with Crippen LogP contribution >= 0.6 is 0 Å². The first-order valence-electron chi connectivity index (χ1n) is 7.18. The van der Waals surface area contributed by atoms with E-state index in [9.17, 15) is 10.1 Å². The minimum Gasteiger partial charge on any atom is -0.461 e. The van der Waals surface area contributed by atoms with E-state index in [1.165, 1.54) is 18.6 Å². The van der Waals surface area contributed by atoms with Gasteiger partial charge in [-0.1, -0.05) is 24.3 Å². The normalized spacial score (nSPS) is 31.9. The second kappa shape index (κ2) is 4.32. The van der Waals surface area contributed by atoms with Crippen LogP contribution < -0.4 is 4.74 Å². The maximum Gasteiger partial charge on any atom is 0.269 e. The molecule has 3 aliphatic rings. The van der Waals surface area contributed by atoms with Crippen LogP contribution in [0.4, 0.5) is 5.69 Å². The molecule has 4 rings (SSSR count). The maximum absolute atomic E-state index is 10.7. The van der Waals surface area contributed by atoms with Crippen molar-refractivity contribution in [2.75, 3.05) is 0 Å². The van der Waals surface area contributed by atoms with Gasteiger partial charge in [0.15, 0.2) is 0 Å². The molecule has 1 aromatic rings. The first-order valence-corrected chi connectivity index (χ1v) is 7.18. The van der Waals surface area contributed by atoms with Gasteiger partial charge in [0.05, 0.1) is 10.3 Å². The molecule has 1 spiro atoms. The number of nitro groups is 1. The van der Waals surface area contributed by atoms with Crippen molar-refractivity contribution in [3.8, 4) is 5.75 Å². The van der Waals surface area contributed by atoms with Gasteiger partial charge < -0.3 is 4.74 Å². The van der Waals surface area contributed by atoms with Crippen molar-refractivity contribution in [2.24, 2.45) is 17.3 Å². The molecule has 0 aliphatic heterocycles. The summed E-state index contributed by atoms with van der Waals surface area (Å²) in [4.78, 5) is 10.3. The highest BCUT2D eigenvalue weighted by atomic mass is 16.6. The van der Waals surface area contributed by atoms with Gasteiger partial charge in [-0.15, -0.1) is 0 Å². The summed E-state index contributed by atoms with van der Waals surface area (Å²) in [6.45, 7) is 0. The minimum atomic E-state index is -0.399. The molecule has 1 fully saturated rings. The predicted molar refractivity (Wildman–Crippen MR) is 78.7 cm³/mol. The molecule has 106 valence electrons. The Morgan fingerprint density at radius 2 is 2.05 bits per heavy atom. The maximum atomic E-state index is 10.7. The lowest BCUT2D eigenvalue weighted by Crippen LogP contribution is -2.28. The van der Waals surface area contributed by atoms with Crippen LogP contribution in [0.1, 0.15) is 12.8 Å². The van der Waals surface area contributed by atoms with E-state index in [0.717, 1.165) is 12.2 Å². The van der Waals surface area contributed by atoms with Crippen LogP contribution in [0.25, 0.3) is 0 Å². The highest BCUT2D eigenvalue weighted by Gasteiger charge is 2.53. The molecule has 21 heavy (non-hydrogen) atoms. The number of nitro benzene ring substituents is 1. The highest BCUT2D eigenvalue weighted by molar-refractivity contribution is 5.41. The molecule has 1 aromatic carbocycles. The Morgan fingerprint density at radius 1 is 1.24 bits per heavy atom. The number of allylic oxidation sites excluding steroid dienone is 5. The molecular formula is C17H15NO3. The van der Waals surface area contributed by atoms with Gasteiger partial charge >= 0.3 is 0 Å². The summed E-state index contributed by atoms with van der Waals surface area (Å²) in [5.74, 6) is 2.76. The Kier molecular flexibility index (Phi) is 2.55.